The first kappa shape index (κ1) is 10.9. The third-order valence-electron chi connectivity index (χ3n) is 3.09. The van der Waals surface area contributed by atoms with Gasteiger partial charge in [-0.25, -0.2) is 0 Å². The zero-order chi connectivity index (χ0) is 11.8. The molecular formula is C12H12BrNO3. The Morgan fingerprint density at radius 3 is 2.94 bits per heavy atom. The fraction of sp³-hybridized carbons (Fsp3) is 0.417. The minimum atomic E-state index is 0.174. The molecular weight excluding hydrogens is 286 g/mol. The van der Waals surface area contributed by atoms with Crippen LogP contribution < -0.4 is 14.4 Å². The first-order valence-corrected chi connectivity index (χ1v) is 6.66. The van der Waals surface area contributed by atoms with Crippen molar-refractivity contribution in [1.82, 2.24) is 0 Å². The maximum absolute atomic E-state index is 11.9. The molecule has 4 nitrogen and oxygen atoms in total. The maximum Gasteiger partial charge on any atom is 0.231 e. The van der Waals surface area contributed by atoms with Crippen molar-refractivity contribution in [3.05, 3.63) is 18.2 Å². The van der Waals surface area contributed by atoms with Gasteiger partial charge in [0.05, 0.1) is 0 Å². The smallest absolute Gasteiger partial charge is 0.231 e. The van der Waals surface area contributed by atoms with Crippen molar-refractivity contribution >= 4 is 27.5 Å². The molecule has 3 rings (SSSR count). The number of hydrogen-bond acceptors (Lipinski definition) is 3. The van der Waals surface area contributed by atoms with Crippen molar-refractivity contribution in [2.24, 2.45) is 5.92 Å². The van der Waals surface area contributed by atoms with Crippen LogP contribution in [0.25, 0.3) is 0 Å². The Hall–Kier alpha value is -1.23. The first-order valence-electron chi connectivity index (χ1n) is 5.54. The summed E-state index contributed by atoms with van der Waals surface area (Å²) in [6, 6.07) is 5.63. The molecule has 2 aliphatic heterocycles. The molecule has 2 aliphatic rings. The molecule has 1 aromatic carbocycles. The van der Waals surface area contributed by atoms with Gasteiger partial charge < -0.3 is 14.4 Å². The maximum atomic E-state index is 11.9. The van der Waals surface area contributed by atoms with Crippen molar-refractivity contribution in [1.29, 1.82) is 0 Å². The molecule has 1 aromatic rings. The van der Waals surface area contributed by atoms with Crippen LogP contribution in [0.1, 0.15) is 6.42 Å². The number of fused-ring (bicyclic) bond motifs is 1. The van der Waals surface area contributed by atoms with Gasteiger partial charge in [0.15, 0.2) is 11.5 Å². The summed E-state index contributed by atoms with van der Waals surface area (Å²) in [5.74, 6) is 2.04. The lowest BCUT2D eigenvalue weighted by Crippen LogP contribution is -2.24. The van der Waals surface area contributed by atoms with Crippen molar-refractivity contribution in [2.45, 2.75) is 6.42 Å². The molecule has 0 radical (unpaired) electrons. The highest BCUT2D eigenvalue weighted by Crippen LogP contribution is 2.37. The Morgan fingerprint density at radius 1 is 1.35 bits per heavy atom. The van der Waals surface area contributed by atoms with Gasteiger partial charge in [0.2, 0.25) is 12.7 Å². The standard InChI is InChI=1S/C12H12BrNO3/c13-5-8-3-12(15)14(6-8)9-1-2-10-11(4-9)17-7-16-10/h1-2,4,8H,3,5-7H2. The van der Waals surface area contributed by atoms with Crippen LogP contribution in [-0.4, -0.2) is 24.6 Å². The molecule has 1 amide bonds. The van der Waals surface area contributed by atoms with E-state index in [0.29, 0.717) is 12.3 Å². The van der Waals surface area contributed by atoms with E-state index >= 15 is 0 Å². The van der Waals surface area contributed by atoms with Crippen LogP contribution in [0.5, 0.6) is 11.5 Å². The van der Waals surface area contributed by atoms with Gasteiger partial charge in [-0.2, -0.15) is 0 Å². The normalized spacial score (nSPS) is 22.3. The number of rotatable bonds is 2. The lowest BCUT2D eigenvalue weighted by molar-refractivity contribution is -0.117. The van der Waals surface area contributed by atoms with E-state index in [0.717, 1.165) is 29.1 Å². The lowest BCUT2D eigenvalue weighted by atomic mass is 10.2. The van der Waals surface area contributed by atoms with Crippen LogP contribution in [0.2, 0.25) is 0 Å². The van der Waals surface area contributed by atoms with Gasteiger partial charge in [-0.15, -0.1) is 0 Å². The molecule has 0 spiro atoms. The van der Waals surface area contributed by atoms with Crippen LogP contribution in [0.3, 0.4) is 0 Å². The molecule has 1 atom stereocenters. The van der Waals surface area contributed by atoms with Crippen LogP contribution in [0.4, 0.5) is 5.69 Å². The minimum Gasteiger partial charge on any atom is -0.454 e. The van der Waals surface area contributed by atoms with Crippen molar-refractivity contribution in [3.63, 3.8) is 0 Å². The number of anilines is 1. The Balaban J connectivity index is 1.87. The van der Waals surface area contributed by atoms with Crippen LogP contribution in [-0.2, 0) is 4.79 Å². The lowest BCUT2D eigenvalue weighted by Gasteiger charge is -2.16. The highest BCUT2D eigenvalue weighted by Gasteiger charge is 2.30. The molecule has 2 heterocycles. The molecule has 0 N–H and O–H groups in total. The number of nitrogens with zero attached hydrogens (tertiary/aromatic N) is 1. The zero-order valence-corrected chi connectivity index (χ0v) is 10.8. The molecule has 90 valence electrons. The monoisotopic (exact) mass is 297 g/mol. The van der Waals surface area contributed by atoms with Crippen molar-refractivity contribution in [2.75, 3.05) is 23.6 Å². The summed E-state index contributed by atoms with van der Waals surface area (Å²) in [7, 11) is 0. The zero-order valence-electron chi connectivity index (χ0n) is 9.19. The molecule has 1 saturated heterocycles. The number of amides is 1. The van der Waals surface area contributed by atoms with E-state index in [1.807, 2.05) is 23.1 Å². The van der Waals surface area contributed by atoms with Crippen molar-refractivity contribution < 1.29 is 14.3 Å². The van der Waals surface area contributed by atoms with Gasteiger partial charge >= 0.3 is 0 Å². The van der Waals surface area contributed by atoms with Gasteiger partial charge in [-0.1, -0.05) is 15.9 Å². The predicted octanol–water partition coefficient (Wildman–Crippen LogP) is 2.16. The molecule has 0 aromatic heterocycles. The molecule has 0 bridgehead atoms. The topological polar surface area (TPSA) is 38.8 Å². The van der Waals surface area contributed by atoms with E-state index in [2.05, 4.69) is 15.9 Å². The van der Waals surface area contributed by atoms with Gasteiger partial charge in [0.25, 0.3) is 0 Å². The van der Waals surface area contributed by atoms with E-state index in [-0.39, 0.29) is 12.7 Å². The summed E-state index contributed by atoms with van der Waals surface area (Å²) in [5.41, 5.74) is 0.891. The largest absolute Gasteiger partial charge is 0.454 e. The number of benzene rings is 1. The fourth-order valence-corrected chi connectivity index (χ4v) is 2.62. The van der Waals surface area contributed by atoms with Crippen molar-refractivity contribution in [3.8, 4) is 11.5 Å². The number of alkyl halides is 1. The Bertz CT molecular complexity index is 463. The summed E-state index contributed by atoms with van der Waals surface area (Å²) in [6.07, 6.45) is 0.611. The molecule has 17 heavy (non-hydrogen) atoms. The summed E-state index contributed by atoms with van der Waals surface area (Å²) in [6.45, 7) is 1.03. The quantitative estimate of drug-likeness (QED) is 0.785. The van der Waals surface area contributed by atoms with Gasteiger partial charge in [-0.05, 0) is 18.1 Å². The van der Waals surface area contributed by atoms with Gasteiger partial charge in [0.1, 0.15) is 0 Å². The van der Waals surface area contributed by atoms with Gasteiger partial charge in [0, 0.05) is 30.0 Å². The van der Waals surface area contributed by atoms with Crippen LogP contribution >= 0.6 is 15.9 Å². The van der Waals surface area contributed by atoms with E-state index < -0.39 is 0 Å². The summed E-state index contributed by atoms with van der Waals surface area (Å²) in [5, 5.41) is 0.861. The fourth-order valence-electron chi connectivity index (χ4n) is 2.19. The first-order chi connectivity index (χ1) is 8.28. The number of ether oxygens (including phenoxy) is 2. The molecule has 1 fully saturated rings. The SMILES string of the molecule is O=C1CC(CBr)CN1c1ccc2c(c1)OCO2. The molecule has 5 heteroatoms. The Kier molecular flexibility index (Phi) is 2.70. The number of carbonyl (C=O) groups excluding carboxylic acids is 1. The predicted molar refractivity (Wildman–Crippen MR) is 66.8 cm³/mol. The third kappa shape index (κ3) is 1.88. The second-order valence-corrected chi connectivity index (χ2v) is 4.91. The molecule has 1 unspecified atom stereocenters. The minimum absolute atomic E-state index is 0.174. The highest BCUT2D eigenvalue weighted by molar-refractivity contribution is 9.09. The second kappa shape index (κ2) is 4.22. The average Bonchev–Trinajstić information content (AvgIpc) is 2.93. The average molecular weight is 298 g/mol. The highest BCUT2D eigenvalue weighted by atomic mass is 79.9. The number of halogens is 1. The third-order valence-corrected chi connectivity index (χ3v) is 4.01. The van der Waals surface area contributed by atoms with E-state index in [1.54, 1.807) is 0 Å². The Labute approximate surface area is 108 Å². The van der Waals surface area contributed by atoms with Crippen LogP contribution in [0, 0.1) is 5.92 Å². The number of hydrogen-bond donors (Lipinski definition) is 0. The van der Waals surface area contributed by atoms with Crippen LogP contribution in [0.15, 0.2) is 18.2 Å². The van der Waals surface area contributed by atoms with E-state index in [9.17, 15) is 4.79 Å². The molecule has 0 saturated carbocycles. The summed E-state index contributed by atoms with van der Waals surface area (Å²) in [4.78, 5) is 13.7. The van der Waals surface area contributed by atoms with Gasteiger partial charge in [-0.3, -0.25) is 4.79 Å². The summed E-state index contributed by atoms with van der Waals surface area (Å²) < 4.78 is 10.6. The number of carbonyl (C=O) groups is 1. The second-order valence-electron chi connectivity index (χ2n) is 4.27. The summed E-state index contributed by atoms with van der Waals surface area (Å²) >= 11 is 3.43. The Morgan fingerprint density at radius 2 is 2.18 bits per heavy atom. The van der Waals surface area contributed by atoms with E-state index in [4.69, 9.17) is 9.47 Å². The van der Waals surface area contributed by atoms with E-state index in [1.165, 1.54) is 0 Å². The molecule has 0 aliphatic carbocycles.